The minimum atomic E-state index is -0.303. The molecular formula is C24H27N3O4S. The quantitative estimate of drug-likeness (QED) is 0.502. The molecule has 0 aliphatic carbocycles. The number of para-hydroxylation sites is 1. The molecule has 1 amide bonds. The summed E-state index contributed by atoms with van der Waals surface area (Å²) in [6.45, 7) is 4.00. The maximum Gasteiger partial charge on any atom is 0.259 e. The summed E-state index contributed by atoms with van der Waals surface area (Å²) >= 11 is 1.68. The highest BCUT2D eigenvalue weighted by Gasteiger charge is 2.26. The second kappa shape index (κ2) is 10.8. The van der Waals surface area contributed by atoms with Crippen molar-refractivity contribution in [3.05, 3.63) is 66.0 Å². The van der Waals surface area contributed by atoms with Gasteiger partial charge < -0.3 is 24.8 Å². The number of carbonyl (C=O) groups is 1. The van der Waals surface area contributed by atoms with Gasteiger partial charge in [-0.3, -0.25) is 9.78 Å². The van der Waals surface area contributed by atoms with Crippen molar-refractivity contribution in [1.82, 2.24) is 4.98 Å². The highest BCUT2D eigenvalue weighted by atomic mass is 32.2. The predicted octanol–water partition coefficient (Wildman–Crippen LogP) is 5.60. The molecule has 2 N–H and O–H groups in total. The van der Waals surface area contributed by atoms with E-state index >= 15 is 0 Å². The van der Waals surface area contributed by atoms with Crippen LogP contribution >= 0.6 is 11.8 Å². The van der Waals surface area contributed by atoms with Gasteiger partial charge in [0.1, 0.15) is 5.37 Å². The summed E-state index contributed by atoms with van der Waals surface area (Å²) in [5.41, 5.74) is 3.01. The molecule has 1 atom stereocenters. The van der Waals surface area contributed by atoms with E-state index in [1.54, 1.807) is 36.3 Å². The third kappa shape index (κ3) is 4.60. The second-order valence-corrected chi connectivity index (χ2v) is 7.58. The normalized spacial score (nSPS) is 13.7. The molecule has 1 aromatic heterocycles. The number of anilines is 2. The Hall–Kier alpha value is -3.39. The molecular weight excluding hydrogens is 426 g/mol. The number of benzene rings is 2. The number of methoxy groups -OCH3 is 3. The molecule has 32 heavy (non-hydrogen) atoms. The van der Waals surface area contributed by atoms with Gasteiger partial charge in [-0.2, -0.15) is 0 Å². The first-order chi connectivity index (χ1) is 15.7. The fraction of sp³-hybridized carbons (Fsp3) is 0.250. The maximum atomic E-state index is 13.1. The zero-order valence-corrected chi connectivity index (χ0v) is 19.6. The van der Waals surface area contributed by atoms with E-state index in [1.807, 2.05) is 44.2 Å². The largest absolute Gasteiger partial charge is 0.493 e. The first kappa shape index (κ1) is 23.3. The average molecular weight is 454 g/mol. The Morgan fingerprint density at radius 3 is 2.44 bits per heavy atom. The van der Waals surface area contributed by atoms with Crippen LogP contribution in [-0.4, -0.2) is 32.2 Å². The van der Waals surface area contributed by atoms with Crippen LogP contribution in [0.1, 0.15) is 35.1 Å². The summed E-state index contributed by atoms with van der Waals surface area (Å²) in [6.07, 6.45) is 3.57. The minimum absolute atomic E-state index is 0.0343. The number of carbonyl (C=O) groups excluding carboxylic acids is 1. The van der Waals surface area contributed by atoms with Crippen LogP contribution in [0.3, 0.4) is 0 Å². The maximum absolute atomic E-state index is 13.1. The van der Waals surface area contributed by atoms with E-state index in [0.29, 0.717) is 28.5 Å². The van der Waals surface area contributed by atoms with Crippen molar-refractivity contribution in [2.75, 3.05) is 32.0 Å². The molecule has 1 aliphatic rings. The van der Waals surface area contributed by atoms with E-state index in [4.69, 9.17) is 14.2 Å². The lowest BCUT2D eigenvalue weighted by Crippen LogP contribution is -2.16. The minimum Gasteiger partial charge on any atom is -0.493 e. The molecule has 168 valence electrons. The zero-order valence-electron chi connectivity index (χ0n) is 18.8. The van der Waals surface area contributed by atoms with E-state index < -0.39 is 0 Å². The Kier molecular flexibility index (Phi) is 7.83. The number of thioether (sulfide) groups is 1. The Morgan fingerprint density at radius 2 is 1.75 bits per heavy atom. The smallest absolute Gasteiger partial charge is 0.259 e. The number of rotatable bonds is 6. The number of hydrogen-bond acceptors (Lipinski definition) is 7. The van der Waals surface area contributed by atoms with Crippen molar-refractivity contribution < 1.29 is 19.0 Å². The molecule has 0 spiro atoms. The van der Waals surface area contributed by atoms with E-state index in [0.717, 1.165) is 16.1 Å². The van der Waals surface area contributed by atoms with Crippen LogP contribution in [0, 0.1) is 0 Å². The van der Waals surface area contributed by atoms with Gasteiger partial charge in [0.05, 0.1) is 38.8 Å². The van der Waals surface area contributed by atoms with Gasteiger partial charge in [-0.25, -0.2) is 0 Å². The highest BCUT2D eigenvalue weighted by molar-refractivity contribution is 8.00. The van der Waals surface area contributed by atoms with Gasteiger partial charge in [0.15, 0.2) is 11.5 Å². The number of hydrogen-bond donors (Lipinski definition) is 2. The lowest BCUT2D eigenvalue weighted by atomic mass is 10.1. The van der Waals surface area contributed by atoms with Crippen molar-refractivity contribution in [3.8, 4) is 17.2 Å². The standard InChI is InChI=1S/C22H21N3O4S.C2H6/c1-27-17-9-8-14(19(28-2)20(17)29-3)21(26)24-15-7-5-4-6-13(15)22-25-16-12-23-11-10-18(16)30-22;1-2/h4-12,22,25H,1-3H3,(H,24,26);1-2H3. The summed E-state index contributed by atoms with van der Waals surface area (Å²) in [4.78, 5) is 18.4. The molecule has 0 fully saturated rings. The SMILES string of the molecule is CC.COc1ccc(C(=O)Nc2ccccc2C2Nc3cnccc3S2)c(OC)c1OC. The molecule has 4 rings (SSSR count). The van der Waals surface area contributed by atoms with Crippen LogP contribution < -0.4 is 24.8 Å². The van der Waals surface area contributed by atoms with Crippen LogP contribution in [0.25, 0.3) is 0 Å². The number of nitrogens with zero attached hydrogens (tertiary/aromatic N) is 1. The van der Waals surface area contributed by atoms with Crippen LogP contribution in [-0.2, 0) is 0 Å². The van der Waals surface area contributed by atoms with Gasteiger partial charge in [0.2, 0.25) is 5.75 Å². The molecule has 1 unspecified atom stereocenters. The number of nitrogens with one attached hydrogen (secondary N) is 2. The summed E-state index contributed by atoms with van der Waals surface area (Å²) in [5.74, 6) is 0.877. The number of fused-ring (bicyclic) bond motifs is 1. The van der Waals surface area contributed by atoms with Gasteiger partial charge >= 0.3 is 0 Å². The first-order valence-corrected chi connectivity index (χ1v) is 11.1. The molecule has 0 bridgehead atoms. The van der Waals surface area contributed by atoms with Crippen LogP contribution in [0.4, 0.5) is 11.4 Å². The summed E-state index contributed by atoms with van der Waals surface area (Å²) < 4.78 is 16.1. The predicted molar refractivity (Wildman–Crippen MR) is 128 cm³/mol. The molecule has 3 aromatic rings. The van der Waals surface area contributed by atoms with E-state index in [2.05, 4.69) is 15.6 Å². The summed E-state index contributed by atoms with van der Waals surface area (Å²) in [5, 5.41) is 6.42. The first-order valence-electron chi connectivity index (χ1n) is 10.2. The summed E-state index contributed by atoms with van der Waals surface area (Å²) in [7, 11) is 4.53. The third-order valence-corrected chi connectivity index (χ3v) is 5.97. The van der Waals surface area contributed by atoms with Crippen molar-refractivity contribution in [2.45, 2.75) is 24.1 Å². The van der Waals surface area contributed by atoms with Crippen molar-refractivity contribution in [2.24, 2.45) is 0 Å². The Balaban J connectivity index is 0.00000141. The van der Waals surface area contributed by atoms with Gasteiger partial charge in [-0.1, -0.05) is 43.8 Å². The summed E-state index contributed by atoms with van der Waals surface area (Å²) in [6, 6.07) is 13.0. The number of pyridine rings is 1. The van der Waals surface area contributed by atoms with Crippen LogP contribution in [0.15, 0.2) is 59.8 Å². The van der Waals surface area contributed by atoms with Gasteiger partial charge in [-0.05, 0) is 24.3 Å². The molecule has 2 heterocycles. The topological polar surface area (TPSA) is 81.7 Å². The van der Waals surface area contributed by atoms with Crippen molar-refractivity contribution in [1.29, 1.82) is 0 Å². The highest BCUT2D eigenvalue weighted by Crippen LogP contribution is 2.47. The Morgan fingerprint density at radius 1 is 1.00 bits per heavy atom. The van der Waals surface area contributed by atoms with Gasteiger partial charge in [-0.15, -0.1) is 0 Å². The van der Waals surface area contributed by atoms with Crippen LogP contribution in [0.2, 0.25) is 0 Å². The average Bonchev–Trinajstić information content (AvgIpc) is 3.28. The third-order valence-electron chi connectivity index (χ3n) is 4.75. The van der Waals surface area contributed by atoms with Gasteiger partial charge in [0.25, 0.3) is 5.91 Å². The van der Waals surface area contributed by atoms with Crippen molar-refractivity contribution >= 4 is 29.0 Å². The molecule has 8 heteroatoms. The number of ether oxygens (including phenoxy) is 3. The number of amides is 1. The molecule has 0 saturated carbocycles. The zero-order chi connectivity index (χ0) is 23.1. The second-order valence-electron chi connectivity index (χ2n) is 6.44. The van der Waals surface area contributed by atoms with E-state index in [1.165, 1.54) is 21.3 Å². The fourth-order valence-corrected chi connectivity index (χ4v) is 4.49. The monoisotopic (exact) mass is 453 g/mol. The lowest BCUT2D eigenvalue weighted by Gasteiger charge is -2.18. The van der Waals surface area contributed by atoms with E-state index in [-0.39, 0.29) is 11.3 Å². The van der Waals surface area contributed by atoms with Crippen LogP contribution in [0.5, 0.6) is 17.2 Å². The fourth-order valence-electron chi connectivity index (χ4n) is 3.34. The van der Waals surface area contributed by atoms with Gasteiger partial charge in [0, 0.05) is 22.3 Å². The molecule has 7 nitrogen and oxygen atoms in total. The lowest BCUT2D eigenvalue weighted by molar-refractivity contribution is 0.102. The molecule has 0 radical (unpaired) electrons. The number of aromatic nitrogens is 1. The molecule has 2 aromatic carbocycles. The Labute approximate surface area is 192 Å². The Bertz CT molecular complexity index is 1070. The molecule has 0 saturated heterocycles. The van der Waals surface area contributed by atoms with E-state index in [9.17, 15) is 4.79 Å². The van der Waals surface area contributed by atoms with Crippen molar-refractivity contribution in [3.63, 3.8) is 0 Å². The molecule has 1 aliphatic heterocycles.